The third-order valence-corrected chi connectivity index (χ3v) is 16.8. The standard InChI is InChI=1S/C26H24N4O2S2.C23H20N4O2S2/c1-18-7-11-21(12-8-18)34(31,32)30-23-15-26(24-16-33-17-27-24,19-5-3-2-4-6-19)14-13-22(23)25(29-30)28-20-9-10-20;1-16-7-9-18(10-8-16)31(28,29)27-20-13-23(21-14-30-15-25-21,17-5-3-2-4-6-17)12-11-19(20)22(24)26-27/h2-8,11-14,16-17,20H,9-10,15H2,1H3,(H,28,29);2-12,14-15H,13H2,1H3,(H2,24,26). The van der Waals surface area contributed by atoms with Crippen molar-refractivity contribution in [3.63, 3.8) is 0 Å². The van der Waals surface area contributed by atoms with Crippen molar-refractivity contribution in [2.24, 2.45) is 0 Å². The second-order valence-corrected chi connectivity index (χ2v) is 21.6. The van der Waals surface area contributed by atoms with Gasteiger partial charge in [-0.05, 0) is 62.1 Å². The Labute approximate surface area is 386 Å². The Kier molecular flexibility index (Phi) is 10.8. The Bertz CT molecular complexity index is 3290. The van der Waals surface area contributed by atoms with E-state index < -0.39 is 30.9 Å². The first kappa shape index (κ1) is 42.5. The van der Waals surface area contributed by atoms with Crippen LogP contribution in [0.25, 0.3) is 12.2 Å². The van der Waals surface area contributed by atoms with Crippen molar-refractivity contribution in [3.05, 3.63) is 199 Å². The number of aromatic nitrogens is 6. The molecule has 0 amide bonds. The first-order valence-electron chi connectivity index (χ1n) is 21.1. The number of nitrogens with two attached hydrogens (primary N) is 1. The van der Waals surface area contributed by atoms with Gasteiger partial charge in [-0.25, -0.2) is 9.97 Å². The molecule has 3 aliphatic carbocycles. The molecular weight excluding hydrogens is 893 g/mol. The average molecular weight is 937 g/mol. The third kappa shape index (κ3) is 7.63. The minimum Gasteiger partial charge on any atom is -0.382 e. The summed E-state index contributed by atoms with van der Waals surface area (Å²) in [5.74, 6) is 0.825. The van der Waals surface area contributed by atoms with E-state index in [9.17, 15) is 16.8 Å². The second-order valence-electron chi connectivity index (χ2n) is 16.6. The van der Waals surface area contributed by atoms with Gasteiger partial charge in [0.2, 0.25) is 0 Å². The van der Waals surface area contributed by atoms with Crippen molar-refractivity contribution in [1.29, 1.82) is 0 Å². The molecule has 12 nitrogen and oxygen atoms in total. The number of hydrogen-bond donors (Lipinski definition) is 2. The van der Waals surface area contributed by atoms with E-state index in [0.29, 0.717) is 41.7 Å². The summed E-state index contributed by atoms with van der Waals surface area (Å²) in [7, 11) is -7.78. The number of nitrogen functional groups attached to an aromatic ring is 1. The van der Waals surface area contributed by atoms with Crippen LogP contribution < -0.4 is 11.1 Å². The van der Waals surface area contributed by atoms with Gasteiger partial charge in [0.25, 0.3) is 20.0 Å². The molecule has 328 valence electrons. The molecule has 65 heavy (non-hydrogen) atoms. The highest BCUT2D eigenvalue weighted by atomic mass is 32.2. The largest absolute Gasteiger partial charge is 0.382 e. The van der Waals surface area contributed by atoms with Crippen molar-refractivity contribution in [2.75, 3.05) is 11.1 Å². The molecule has 4 heterocycles. The highest BCUT2D eigenvalue weighted by molar-refractivity contribution is 7.90. The number of allylic oxidation sites excluding steroid dienone is 2. The van der Waals surface area contributed by atoms with Gasteiger partial charge in [0.15, 0.2) is 11.6 Å². The number of benzene rings is 4. The molecule has 2 atom stereocenters. The summed E-state index contributed by atoms with van der Waals surface area (Å²) < 4.78 is 56.9. The van der Waals surface area contributed by atoms with Crippen molar-refractivity contribution in [3.8, 4) is 0 Å². The van der Waals surface area contributed by atoms with E-state index in [1.165, 1.54) is 26.8 Å². The van der Waals surface area contributed by atoms with Gasteiger partial charge in [-0.1, -0.05) is 120 Å². The van der Waals surface area contributed by atoms with Crippen molar-refractivity contribution in [1.82, 2.24) is 28.3 Å². The van der Waals surface area contributed by atoms with E-state index in [1.54, 1.807) is 41.9 Å². The summed E-state index contributed by atoms with van der Waals surface area (Å²) in [5, 5.41) is 16.4. The summed E-state index contributed by atoms with van der Waals surface area (Å²) in [6.07, 6.45) is 11.1. The Hall–Kier alpha value is -6.46. The summed E-state index contributed by atoms with van der Waals surface area (Å²) in [6.45, 7) is 3.85. The fourth-order valence-corrected chi connectivity index (χ4v) is 12.5. The molecule has 0 aliphatic heterocycles. The number of aryl methyl sites for hydroxylation is 2. The summed E-state index contributed by atoms with van der Waals surface area (Å²) >= 11 is 3.05. The molecule has 0 saturated heterocycles. The first-order chi connectivity index (χ1) is 31.4. The highest BCUT2D eigenvalue weighted by Gasteiger charge is 2.43. The van der Waals surface area contributed by atoms with Crippen LogP contribution in [0.4, 0.5) is 11.6 Å². The maximum absolute atomic E-state index is 13.8. The van der Waals surface area contributed by atoms with Gasteiger partial charge < -0.3 is 11.1 Å². The second kappa shape index (κ2) is 16.5. The molecule has 0 spiro atoms. The Morgan fingerprint density at radius 2 is 1.06 bits per heavy atom. The van der Waals surface area contributed by atoms with Crippen LogP contribution in [0.3, 0.4) is 0 Å². The lowest BCUT2D eigenvalue weighted by atomic mass is 9.71. The molecule has 11 rings (SSSR count). The first-order valence-corrected chi connectivity index (χ1v) is 25.8. The molecule has 0 radical (unpaired) electrons. The molecule has 8 aromatic rings. The molecule has 16 heteroatoms. The van der Waals surface area contributed by atoms with E-state index in [1.807, 2.05) is 103 Å². The molecule has 2 unspecified atom stereocenters. The van der Waals surface area contributed by atoms with Crippen molar-refractivity contribution < 1.29 is 16.8 Å². The van der Waals surface area contributed by atoms with Gasteiger partial charge in [0, 0.05) is 40.8 Å². The molecule has 4 aromatic carbocycles. The monoisotopic (exact) mass is 936 g/mol. The van der Waals surface area contributed by atoms with Gasteiger partial charge in [-0.3, -0.25) is 0 Å². The zero-order valence-electron chi connectivity index (χ0n) is 35.4. The molecule has 3 N–H and O–H groups in total. The molecule has 0 bridgehead atoms. The van der Waals surface area contributed by atoms with Gasteiger partial charge in [0.05, 0.1) is 54.4 Å². The van der Waals surface area contributed by atoms with Gasteiger partial charge in [-0.15, -0.1) is 32.9 Å². The number of fused-ring (bicyclic) bond motifs is 2. The summed E-state index contributed by atoms with van der Waals surface area (Å²) in [6, 6.07) is 34.1. The topological polar surface area (TPSA) is 168 Å². The average Bonchev–Trinajstić information content (AvgIpc) is 3.76. The van der Waals surface area contributed by atoms with Crippen LogP contribution in [0.2, 0.25) is 0 Å². The van der Waals surface area contributed by atoms with E-state index in [2.05, 4.69) is 49.8 Å². The predicted octanol–water partition coefficient (Wildman–Crippen LogP) is 9.04. The van der Waals surface area contributed by atoms with Crippen LogP contribution in [0, 0.1) is 13.8 Å². The van der Waals surface area contributed by atoms with E-state index in [0.717, 1.165) is 56.1 Å². The van der Waals surface area contributed by atoms with E-state index >= 15 is 0 Å². The Morgan fingerprint density at radius 1 is 0.615 bits per heavy atom. The summed E-state index contributed by atoms with van der Waals surface area (Å²) in [4.78, 5) is 9.65. The highest BCUT2D eigenvalue weighted by Crippen LogP contribution is 2.45. The minimum atomic E-state index is -3.90. The number of nitrogens with zero attached hydrogens (tertiary/aromatic N) is 6. The fourth-order valence-electron chi connectivity index (χ4n) is 8.61. The number of thiazole rings is 2. The van der Waals surface area contributed by atoms with Gasteiger partial charge in [0.1, 0.15) is 0 Å². The Balaban J connectivity index is 0.000000154. The lowest BCUT2D eigenvalue weighted by molar-refractivity contribution is 0.560. The quantitative estimate of drug-likeness (QED) is 0.135. The van der Waals surface area contributed by atoms with Crippen molar-refractivity contribution >= 4 is 66.5 Å². The zero-order valence-corrected chi connectivity index (χ0v) is 38.7. The number of hydrogen-bond acceptors (Lipinski definition) is 12. The van der Waals surface area contributed by atoms with Crippen LogP contribution in [-0.2, 0) is 43.7 Å². The van der Waals surface area contributed by atoms with Crippen LogP contribution in [0.5, 0.6) is 0 Å². The van der Waals surface area contributed by atoms with Crippen LogP contribution in [0.1, 0.15) is 69.0 Å². The minimum absolute atomic E-state index is 0.178. The van der Waals surface area contributed by atoms with E-state index in [-0.39, 0.29) is 15.6 Å². The smallest absolute Gasteiger partial charge is 0.283 e. The maximum atomic E-state index is 13.8. The van der Waals surface area contributed by atoms with Crippen molar-refractivity contribution in [2.45, 2.75) is 66.2 Å². The Morgan fingerprint density at radius 3 is 1.51 bits per heavy atom. The molecular formula is C49H44N8O4S4. The van der Waals surface area contributed by atoms with Crippen LogP contribution in [-0.4, -0.2) is 51.2 Å². The van der Waals surface area contributed by atoms with E-state index in [4.69, 9.17) is 5.73 Å². The molecule has 3 aliphatic rings. The summed E-state index contributed by atoms with van der Waals surface area (Å²) in [5.41, 5.74) is 17.1. The SMILES string of the molecule is Cc1ccc(S(=O)(=O)n2nc(N)c3c2CC(c2ccccc2)(c2cscn2)C=C3)cc1.Cc1ccc(S(=O)(=O)n2nc(NC3CC3)c3c2CC(c2ccccc2)(c2cscn2)C=C3)cc1. The molecule has 1 fully saturated rings. The number of nitrogens with one attached hydrogen (secondary N) is 1. The molecule has 4 aromatic heterocycles. The number of anilines is 2. The molecule has 1 saturated carbocycles. The maximum Gasteiger partial charge on any atom is 0.283 e. The lowest BCUT2D eigenvalue weighted by Gasteiger charge is -2.33. The van der Waals surface area contributed by atoms with Gasteiger partial charge >= 0.3 is 0 Å². The lowest BCUT2D eigenvalue weighted by Crippen LogP contribution is -2.33. The number of rotatable bonds is 10. The third-order valence-electron chi connectivity index (χ3n) is 12.3. The van der Waals surface area contributed by atoms with Gasteiger partial charge in [-0.2, -0.15) is 25.0 Å². The normalized spacial score (nSPS) is 18.9. The fraction of sp³-hybridized carbons (Fsp3) is 0.184. The zero-order chi connectivity index (χ0) is 45.0. The van der Waals surface area contributed by atoms with Crippen LogP contribution >= 0.6 is 22.7 Å². The van der Waals surface area contributed by atoms with Crippen LogP contribution in [0.15, 0.2) is 153 Å². The predicted molar refractivity (Wildman–Crippen MR) is 257 cm³/mol.